The Balaban J connectivity index is 1.39. The van der Waals surface area contributed by atoms with Gasteiger partial charge in [-0.2, -0.15) is 0 Å². The van der Waals surface area contributed by atoms with Crippen molar-refractivity contribution in [1.29, 1.82) is 0 Å². The maximum atomic E-state index is 13.1. The normalized spacial score (nSPS) is 16.1. The summed E-state index contributed by atoms with van der Waals surface area (Å²) in [7, 11) is 0. The van der Waals surface area contributed by atoms with E-state index in [9.17, 15) is 9.59 Å². The van der Waals surface area contributed by atoms with Crippen molar-refractivity contribution in [2.75, 3.05) is 4.90 Å². The van der Waals surface area contributed by atoms with E-state index in [-0.39, 0.29) is 37.1 Å². The monoisotopic (exact) mass is 543 g/mol. The first kappa shape index (κ1) is 21.1. The Kier molecular flexibility index (Phi) is 4.04. The number of ketones is 2. The van der Waals surface area contributed by atoms with E-state index in [1.807, 2.05) is 18.2 Å². The predicted molar refractivity (Wildman–Crippen MR) is 150 cm³/mol. The van der Waals surface area contributed by atoms with Crippen LogP contribution in [0.3, 0.4) is 0 Å². The van der Waals surface area contributed by atoms with Crippen molar-refractivity contribution < 1.29 is 9.59 Å². The molecule has 0 radical (unpaired) electrons. The van der Waals surface area contributed by atoms with E-state index in [1.165, 1.54) is 49.0 Å². The second kappa shape index (κ2) is 7.07. The van der Waals surface area contributed by atoms with Crippen LogP contribution in [0.25, 0.3) is 28.0 Å². The molecule has 0 fully saturated rings. The summed E-state index contributed by atoms with van der Waals surface area (Å²) in [6, 6.07) is 29.1. The molecule has 0 saturated carbocycles. The topological polar surface area (TPSA) is 37.4 Å². The number of hydrogen-bond acceptors (Lipinski definition) is 3. The molecule has 1 aromatic heterocycles. The number of fused-ring (bicyclic) bond motifs is 6. The van der Waals surface area contributed by atoms with E-state index in [0.29, 0.717) is 11.1 Å². The second-order valence-electron chi connectivity index (χ2n) is 10.5. The summed E-state index contributed by atoms with van der Waals surface area (Å²) in [5.74, 6) is -0.327. The van der Waals surface area contributed by atoms with E-state index in [1.54, 1.807) is 12.1 Å². The summed E-state index contributed by atoms with van der Waals surface area (Å²) in [6.07, 6.45) is 1.86. The Morgan fingerprint density at radius 3 is 2.16 bits per heavy atom. The molecule has 1 aliphatic carbocycles. The molecule has 4 aromatic carbocycles. The number of hydrogen-bond donors (Lipinski definition) is 0. The van der Waals surface area contributed by atoms with Crippen molar-refractivity contribution >= 4 is 58.9 Å². The Morgan fingerprint density at radius 2 is 1.41 bits per heavy atom. The first-order valence-electron chi connectivity index (χ1n) is 12.5. The van der Waals surface area contributed by atoms with Gasteiger partial charge in [0.25, 0.3) is 0 Å². The summed E-state index contributed by atoms with van der Waals surface area (Å²) in [5, 5.41) is 2.55. The Bertz CT molecular complexity index is 1870. The maximum absolute atomic E-state index is 13.1. The number of nitrogens with zero attached hydrogens (tertiary/aromatic N) is 1. The van der Waals surface area contributed by atoms with Crippen LogP contribution >= 0.6 is 0 Å². The van der Waals surface area contributed by atoms with Gasteiger partial charge >= 0.3 is 221 Å². The van der Waals surface area contributed by atoms with Crippen LogP contribution in [0.2, 0.25) is 0 Å². The molecule has 37 heavy (non-hydrogen) atoms. The molecule has 5 aromatic rings. The van der Waals surface area contributed by atoms with Crippen molar-refractivity contribution in [3.8, 4) is 11.1 Å². The van der Waals surface area contributed by atoms with Crippen molar-refractivity contribution in [2.45, 2.75) is 19.3 Å². The van der Waals surface area contributed by atoms with E-state index < -0.39 is 0 Å². The molecule has 8 rings (SSSR count). The van der Waals surface area contributed by atoms with Gasteiger partial charge in [-0.1, -0.05) is 0 Å². The van der Waals surface area contributed by atoms with Crippen LogP contribution in [0.4, 0.5) is 15.9 Å². The van der Waals surface area contributed by atoms with Gasteiger partial charge in [-0.3, -0.25) is 0 Å². The van der Waals surface area contributed by atoms with Crippen LogP contribution in [0.15, 0.2) is 90.5 Å². The zero-order valence-corrected chi connectivity index (χ0v) is 22.0. The van der Waals surface area contributed by atoms with Gasteiger partial charge < -0.3 is 0 Å². The first-order valence-corrected chi connectivity index (χ1v) is 14.2. The molecule has 0 atom stereocenters. The van der Waals surface area contributed by atoms with Crippen LogP contribution < -0.4 is 4.90 Å². The fourth-order valence-electron chi connectivity index (χ4n) is 6.32. The quantitative estimate of drug-likeness (QED) is 0.123. The van der Waals surface area contributed by atoms with Gasteiger partial charge in [0.2, 0.25) is 0 Å². The van der Waals surface area contributed by atoms with Crippen molar-refractivity contribution in [1.82, 2.24) is 0 Å². The minimum absolute atomic E-state index is 0.0613. The predicted octanol–water partition coefficient (Wildman–Crippen LogP) is 7.45. The summed E-state index contributed by atoms with van der Waals surface area (Å²) < 4.78 is 2.36. The molecule has 3 aliphatic rings. The third-order valence-electron chi connectivity index (χ3n) is 8.15. The van der Waals surface area contributed by atoms with Gasteiger partial charge in [-0.25, -0.2) is 0 Å². The van der Waals surface area contributed by atoms with Gasteiger partial charge in [0.1, 0.15) is 0 Å². The zero-order chi connectivity index (χ0) is 25.1. The standard InChI is InChI=1S/C33H21NO2Se/c1-33(2)25-15-14-18-8-7-12-21-20-9-5-6-13-27(20)34(29(25)28(18)21)32-26(33)17-19(37-32)16-24-30(35)22-10-3-4-11-23(22)31(24)36/h3-17H,1-2H3. The zero-order valence-electron chi connectivity index (χ0n) is 20.3. The molecule has 0 spiro atoms. The fourth-order valence-corrected chi connectivity index (χ4v) is 9.01. The molecule has 2 aliphatic heterocycles. The first-order chi connectivity index (χ1) is 17.9. The molecule has 0 saturated heterocycles. The SMILES string of the molecule is CC1(C)c2cc(C=C3C(=O)c4ccccc4C3=O)[se]c2N2c3ccccc3-c3cccc4ccc1c2c34. The third-order valence-corrected chi connectivity index (χ3v) is 10.4. The van der Waals surface area contributed by atoms with Gasteiger partial charge in [0, 0.05) is 0 Å². The van der Waals surface area contributed by atoms with Crippen molar-refractivity contribution in [2.24, 2.45) is 0 Å². The van der Waals surface area contributed by atoms with Crippen LogP contribution in [0.5, 0.6) is 0 Å². The molecule has 0 amide bonds. The van der Waals surface area contributed by atoms with Gasteiger partial charge in [0.05, 0.1) is 0 Å². The number of carbonyl (C=O) groups is 2. The molecular weight excluding hydrogens is 521 g/mol. The number of benzene rings is 4. The van der Waals surface area contributed by atoms with E-state index in [4.69, 9.17) is 0 Å². The minimum atomic E-state index is -0.205. The molecular formula is C33H21NO2Se. The third kappa shape index (κ3) is 2.62. The molecule has 3 nitrogen and oxygen atoms in total. The molecule has 0 unspecified atom stereocenters. The number of Topliss-reactive ketones (excluding diaryl/α,β-unsaturated/α-hetero) is 2. The Hall–Kier alpha value is -3.98. The van der Waals surface area contributed by atoms with Crippen LogP contribution in [0.1, 0.15) is 50.1 Å². The summed E-state index contributed by atoms with van der Waals surface area (Å²) in [6.45, 7) is 4.59. The molecule has 0 N–H and O–H groups in total. The van der Waals surface area contributed by atoms with Crippen molar-refractivity contribution in [3.63, 3.8) is 0 Å². The summed E-state index contributed by atoms with van der Waals surface area (Å²) in [5.41, 5.74) is 8.68. The number of para-hydroxylation sites is 1. The number of allylic oxidation sites excluding steroid dienone is 1. The Morgan fingerprint density at radius 1 is 0.730 bits per heavy atom. The van der Waals surface area contributed by atoms with Gasteiger partial charge in [-0.05, 0) is 0 Å². The molecule has 0 bridgehead atoms. The van der Waals surface area contributed by atoms with E-state index in [0.717, 1.165) is 4.44 Å². The van der Waals surface area contributed by atoms with Gasteiger partial charge in [0.15, 0.2) is 0 Å². The van der Waals surface area contributed by atoms with Crippen LogP contribution in [-0.4, -0.2) is 26.1 Å². The van der Waals surface area contributed by atoms with Gasteiger partial charge in [-0.15, -0.1) is 0 Å². The second-order valence-corrected chi connectivity index (χ2v) is 12.7. The number of carbonyl (C=O) groups excluding carboxylic acids is 2. The van der Waals surface area contributed by atoms with Crippen LogP contribution in [0, 0.1) is 0 Å². The molecule has 4 heteroatoms. The van der Waals surface area contributed by atoms with E-state index >= 15 is 0 Å². The average Bonchev–Trinajstić information content (AvgIpc) is 3.45. The number of anilines is 3. The van der Waals surface area contributed by atoms with E-state index in [2.05, 4.69) is 79.4 Å². The average molecular weight is 542 g/mol. The van der Waals surface area contributed by atoms with Crippen molar-refractivity contribution in [3.05, 3.63) is 117 Å². The molecule has 3 heterocycles. The number of rotatable bonds is 1. The Labute approximate surface area is 220 Å². The summed E-state index contributed by atoms with van der Waals surface area (Å²) in [4.78, 5) is 28.7. The fraction of sp³-hybridized carbons (Fsp3) is 0.0909. The summed E-state index contributed by atoms with van der Waals surface area (Å²) >= 11 is -0.0613. The van der Waals surface area contributed by atoms with Crippen LogP contribution in [-0.2, 0) is 5.41 Å². The molecule has 176 valence electrons.